The van der Waals surface area contributed by atoms with E-state index in [0.29, 0.717) is 18.9 Å². The summed E-state index contributed by atoms with van der Waals surface area (Å²) in [4.78, 5) is 25.5. The number of carbonyl (C=O) groups is 2. The summed E-state index contributed by atoms with van der Waals surface area (Å²) in [5.41, 5.74) is 0.367. The normalized spacial score (nSPS) is 17.6. The smallest absolute Gasteiger partial charge is 0.407 e. The minimum Gasteiger partial charge on any atom is -0.444 e. The first kappa shape index (κ1) is 28.2. The molecule has 0 saturated heterocycles. The van der Waals surface area contributed by atoms with Crippen LogP contribution in [0.4, 0.5) is 4.79 Å². The van der Waals surface area contributed by atoms with E-state index in [1.54, 1.807) is 0 Å². The molecule has 0 unspecified atom stereocenters. The molecule has 192 valence electrons. The number of alkyl carbamates (subject to hydrolysis) is 1. The molecule has 1 aromatic rings. The van der Waals surface area contributed by atoms with Crippen LogP contribution in [-0.4, -0.2) is 41.4 Å². The number of hydrogen-bond acceptors (Lipinski definition) is 4. The van der Waals surface area contributed by atoms with E-state index in [-0.39, 0.29) is 24.2 Å². The van der Waals surface area contributed by atoms with Crippen molar-refractivity contribution in [1.29, 1.82) is 0 Å². The Morgan fingerprint density at radius 2 is 1.74 bits per heavy atom. The highest BCUT2D eigenvalue weighted by molar-refractivity contribution is 5.79. The van der Waals surface area contributed by atoms with Gasteiger partial charge in [-0.3, -0.25) is 4.79 Å². The molecule has 0 aliphatic heterocycles. The molecule has 1 aliphatic rings. The average molecular weight is 475 g/mol. The van der Waals surface area contributed by atoms with Gasteiger partial charge in [-0.1, -0.05) is 76.3 Å². The maximum atomic E-state index is 13.0. The SMILES string of the molecule is CC(C)[C@@H](C[C@H](O)[C@H](Cc1ccccc1)NC(=O)OC(C)(C)C)C(=O)NCCC1CCCCC1. The van der Waals surface area contributed by atoms with Crippen molar-refractivity contribution in [2.24, 2.45) is 17.8 Å². The van der Waals surface area contributed by atoms with Crippen LogP contribution in [0.5, 0.6) is 0 Å². The fourth-order valence-electron chi connectivity index (χ4n) is 4.72. The largest absolute Gasteiger partial charge is 0.444 e. The maximum Gasteiger partial charge on any atom is 0.407 e. The number of carbonyl (C=O) groups excluding carboxylic acids is 2. The molecule has 6 nitrogen and oxygen atoms in total. The van der Waals surface area contributed by atoms with Crippen molar-refractivity contribution in [1.82, 2.24) is 10.6 Å². The van der Waals surface area contributed by atoms with Gasteiger partial charge in [-0.15, -0.1) is 0 Å². The Balaban J connectivity index is 2.00. The lowest BCUT2D eigenvalue weighted by molar-refractivity contribution is -0.127. The molecule has 0 radical (unpaired) electrons. The first-order valence-corrected chi connectivity index (χ1v) is 13.0. The second kappa shape index (κ2) is 13.7. The Kier molecular flexibility index (Phi) is 11.4. The number of nitrogens with one attached hydrogen (secondary N) is 2. The van der Waals surface area contributed by atoms with Crippen LogP contribution < -0.4 is 10.6 Å². The predicted octanol–water partition coefficient (Wildman–Crippen LogP) is 5.23. The van der Waals surface area contributed by atoms with Crippen LogP contribution in [0, 0.1) is 17.8 Å². The number of ether oxygens (including phenoxy) is 1. The Morgan fingerprint density at radius 1 is 1.09 bits per heavy atom. The zero-order chi connectivity index (χ0) is 25.1. The van der Waals surface area contributed by atoms with Gasteiger partial charge in [0.15, 0.2) is 0 Å². The van der Waals surface area contributed by atoms with Crippen LogP contribution in [0.1, 0.15) is 85.1 Å². The molecule has 2 rings (SSSR count). The first-order valence-electron chi connectivity index (χ1n) is 13.0. The summed E-state index contributed by atoms with van der Waals surface area (Å²) in [6.45, 7) is 10.1. The van der Waals surface area contributed by atoms with Crippen molar-refractivity contribution in [3.05, 3.63) is 35.9 Å². The fraction of sp³-hybridized carbons (Fsp3) is 0.714. The zero-order valence-electron chi connectivity index (χ0n) is 21.8. The Bertz CT molecular complexity index is 739. The molecule has 1 aliphatic carbocycles. The molecule has 2 amide bonds. The standard InChI is InChI=1S/C28H46N2O4/c1-20(2)23(26(32)29-17-16-21-12-8-6-9-13-21)19-25(31)24(18-22-14-10-7-11-15-22)30-27(33)34-28(3,4)5/h7,10-11,14-15,20-21,23-25,31H,6,8-9,12-13,16-19H2,1-5H3,(H,29,32)(H,30,33)/t23-,24+,25+/m1/s1. The molecule has 1 fully saturated rings. The fourth-order valence-corrected chi connectivity index (χ4v) is 4.72. The zero-order valence-corrected chi connectivity index (χ0v) is 21.8. The second-order valence-corrected chi connectivity index (χ2v) is 11.2. The highest BCUT2D eigenvalue weighted by Gasteiger charge is 2.31. The number of aliphatic hydroxyl groups is 1. The highest BCUT2D eigenvalue weighted by atomic mass is 16.6. The minimum atomic E-state index is -0.885. The lowest BCUT2D eigenvalue weighted by Crippen LogP contribution is -2.48. The molecule has 3 N–H and O–H groups in total. The van der Waals surface area contributed by atoms with Crippen LogP contribution in [-0.2, 0) is 16.0 Å². The molecule has 0 heterocycles. The van der Waals surface area contributed by atoms with Gasteiger partial charge >= 0.3 is 6.09 Å². The molecule has 6 heteroatoms. The number of rotatable bonds is 11. The lowest BCUT2D eigenvalue weighted by atomic mass is 9.85. The molecule has 3 atom stereocenters. The van der Waals surface area contributed by atoms with Gasteiger partial charge in [-0.25, -0.2) is 4.79 Å². The van der Waals surface area contributed by atoms with Crippen LogP contribution >= 0.6 is 0 Å². The summed E-state index contributed by atoms with van der Waals surface area (Å²) in [6, 6.07) is 9.17. The molecule has 1 aromatic carbocycles. The average Bonchev–Trinajstić information content (AvgIpc) is 2.76. The van der Waals surface area contributed by atoms with Crippen molar-refractivity contribution in [2.75, 3.05) is 6.54 Å². The van der Waals surface area contributed by atoms with E-state index >= 15 is 0 Å². The molecule has 0 bridgehead atoms. The van der Waals surface area contributed by atoms with Gasteiger partial charge in [0.1, 0.15) is 5.60 Å². The molecular formula is C28H46N2O4. The number of aliphatic hydroxyl groups excluding tert-OH is 1. The summed E-state index contributed by atoms with van der Waals surface area (Å²) >= 11 is 0. The predicted molar refractivity (Wildman–Crippen MR) is 136 cm³/mol. The lowest BCUT2D eigenvalue weighted by Gasteiger charge is -2.30. The third-order valence-electron chi connectivity index (χ3n) is 6.68. The first-order chi connectivity index (χ1) is 16.0. The Hall–Kier alpha value is -2.08. The van der Waals surface area contributed by atoms with Gasteiger partial charge in [0.25, 0.3) is 0 Å². The third kappa shape index (κ3) is 10.5. The summed E-state index contributed by atoms with van der Waals surface area (Å²) in [5.74, 6) is 0.439. The summed E-state index contributed by atoms with van der Waals surface area (Å²) < 4.78 is 5.43. The van der Waals surface area contributed by atoms with Crippen LogP contribution in [0.2, 0.25) is 0 Å². The van der Waals surface area contributed by atoms with E-state index in [1.165, 1.54) is 32.1 Å². The van der Waals surface area contributed by atoms with Crippen LogP contribution in [0.25, 0.3) is 0 Å². The monoisotopic (exact) mass is 474 g/mol. The summed E-state index contributed by atoms with van der Waals surface area (Å²) in [5, 5.41) is 17.1. The van der Waals surface area contributed by atoms with Crippen LogP contribution in [0.15, 0.2) is 30.3 Å². The molecule has 0 spiro atoms. The van der Waals surface area contributed by atoms with E-state index in [9.17, 15) is 14.7 Å². The number of hydrogen-bond donors (Lipinski definition) is 3. The van der Waals surface area contributed by atoms with Crippen molar-refractivity contribution in [2.45, 2.75) is 104 Å². The Morgan fingerprint density at radius 3 is 2.32 bits per heavy atom. The number of benzene rings is 1. The quantitative estimate of drug-likeness (QED) is 0.410. The second-order valence-electron chi connectivity index (χ2n) is 11.2. The Labute approximate surface area is 206 Å². The third-order valence-corrected chi connectivity index (χ3v) is 6.68. The van der Waals surface area contributed by atoms with Crippen molar-refractivity contribution in [3.63, 3.8) is 0 Å². The highest BCUT2D eigenvalue weighted by Crippen LogP contribution is 2.26. The summed E-state index contributed by atoms with van der Waals surface area (Å²) in [6.07, 6.45) is 6.76. The van der Waals surface area contributed by atoms with E-state index in [1.807, 2.05) is 65.0 Å². The maximum absolute atomic E-state index is 13.0. The van der Waals surface area contributed by atoms with Gasteiger partial charge in [-0.05, 0) is 57.4 Å². The van der Waals surface area contributed by atoms with Gasteiger partial charge in [0, 0.05) is 12.5 Å². The molecule has 1 saturated carbocycles. The van der Waals surface area contributed by atoms with Crippen molar-refractivity contribution in [3.8, 4) is 0 Å². The van der Waals surface area contributed by atoms with Gasteiger partial charge in [-0.2, -0.15) is 0 Å². The molecule has 34 heavy (non-hydrogen) atoms. The molecular weight excluding hydrogens is 428 g/mol. The van der Waals surface area contributed by atoms with Crippen LogP contribution in [0.3, 0.4) is 0 Å². The van der Waals surface area contributed by atoms with Crippen molar-refractivity contribution >= 4 is 12.0 Å². The molecule has 0 aromatic heterocycles. The van der Waals surface area contributed by atoms with Gasteiger partial charge in [0.05, 0.1) is 12.1 Å². The van der Waals surface area contributed by atoms with Crippen molar-refractivity contribution < 1.29 is 19.4 Å². The van der Waals surface area contributed by atoms with Gasteiger partial charge < -0.3 is 20.5 Å². The minimum absolute atomic E-state index is 0.0133. The van der Waals surface area contributed by atoms with Gasteiger partial charge in [0.2, 0.25) is 5.91 Å². The van der Waals surface area contributed by atoms with E-state index in [2.05, 4.69) is 10.6 Å². The summed E-state index contributed by atoms with van der Waals surface area (Å²) in [7, 11) is 0. The number of amides is 2. The van der Waals surface area contributed by atoms with E-state index in [0.717, 1.165) is 12.0 Å². The topological polar surface area (TPSA) is 87.7 Å². The van der Waals surface area contributed by atoms with E-state index < -0.39 is 23.8 Å². The van der Waals surface area contributed by atoms with E-state index in [4.69, 9.17) is 4.74 Å².